The first kappa shape index (κ1) is 74.7. The van der Waals surface area contributed by atoms with E-state index < -0.39 is 239 Å². The number of aliphatic hydroxyl groups is 15. The van der Waals surface area contributed by atoms with Crippen molar-refractivity contribution in [3.63, 3.8) is 0 Å². The van der Waals surface area contributed by atoms with Gasteiger partial charge < -0.3 is 143 Å². The number of hydrogen-bond acceptors (Lipinski definition) is 31. The van der Waals surface area contributed by atoms with Crippen molar-refractivity contribution in [1.29, 1.82) is 0 Å². The first-order valence-electron chi connectivity index (χ1n) is 33.7. The Kier molecular flexibility index (Phi) is 22.3. The average Bonchev–Trinajstić information content (AvgIpc) is 1.47. The minimum absolute atomic E-state index is 0.0132. The van der Waals surface area contributed by atoms with Gasteiger partial charge in [0.2, 0.25) is 0 Å². The first-order chi connectivity index (χ1) is 45.3. The van der Waals surface area contributed by atoms with Crippen LogP contribution >= 0.6 is 0 Å². The molecule has 15 N–H and O–H groups in total. The maximum absolute atomic E-state index is 14.5. The Hall–Kier alpha value is -2.50. The third-order valence-corrected chi connectivity index (χ3v) is 23.7. The van der Waals surface area contributed by atoms with E-state index in [-0.39, 0.29) is 35.4 Å². The fraction of sp³-hybridized carbons (Fsp3) is 0.908. The Bertz CT molecular complexity index is 2760. The molecule has 0 radical (unpaired) electrons. The van der Waals surface area contributed by atoms with Gasteiger partial charge in [-0.05, 0) is 94.8 Å². The highest BCUT2D eigenvalue weighted by molar-refractivity contribution is 5.99. The van der Waals surface area contributed by atoms with E-state index in [1.807, 2.05) is 13.8 Å². The normalized spacial score (nSPS) is 52.6. The number of esters is 1. The monoisotopic (exact) mass is 1380 g/mol. The zero-order valence-corrected chi connectivity index (χ0v) is 55.4. The summed E-state index contributed by atoms with van der Waals surface area (Å²) in [5.74, 6) is -0.929. The van der Waals surface area contributed by atoms with E-state index in [0.717, 1.165) is 24.0 Å². The van der Waals surface area contributed by atoms with E-state index in [1.54, 1.807) is 0 Å². The van der Waals surface area contributed by atoms with Gasteiger partial charge in [0, 0.05) is 18.9 Å². The predicted octanol–water partition coefficient (Wildman–Crippen LogP) is -3.92. The lowest BCUT2D eigenvalue weighted by atomic mass is 9.41. The van der Waals surface area contributed by atoms with Gasteiger partial charge in [0.25, 0.3) is 0 Å². The SMILES string of the molecule is C=C(C)CCC[C@]1(C)OC(=O)C23CCC4C(=CCC5C(C)(C)[C@@H](O[C@@H]6OC[C@@H](O[C@@H]7O[C@H](CO)[C@@H](O)[C@H](O[C@@H]8O[C@H](CO)[C@@H](O)[C@H](O)[C@H]8O)[C@H]7O)[C@H](O)[C@H]6O[C@@H]6O[C@H](C)[C@@H](O[C@@H]7OC[C@@H](O)[C@H](O[C@@H]8O[C@H](CO)[C@@H](O)[C@H](OC)[C@H]8O)[C@H]7O)[C@H](O)[C@H]6O)CC[C@]45C)[C@]2(C)CC(=O)[C@@H]31. The molecule has 0 aromatic heterocycles. The number of fused-ring (bicyclic) bond motifs is 4. The number of methoxy groups -OCH3 is 1. The van der Waals surface area contributed by atoms with E-state index in [9.17, 15) is 86.2 Å². The quantitative estimate of drug-likeness (QED) is 0.0409. The molecule has 11 rings (SSSR count). The van der Waals surface area contributed by atoms with E-state index in [0.29, 0.717) is 38.5 Å². The van der Waals surface area contributed by atoms with Crippen molar-refractivity contribution in [3.8, 4) is 0 Å². The van der Waals surface area contributed by atoms with Crippen LogP contribution in [0.2, 0.25) is 0 Å². The number of Topliss-reactive ketones (excluding diaryl/α,β-unsaturated/α-hetero) is 1. The summed E-state index contributed by atoms with van der Waals surface area (Å²) in [6.07, 6.45) is -41.1. The Labute approximate surface area is 555 Å². The molecule has 1 spiro atoms. The van der Waals surface area contributed by atoms with E-state index in [1.165, 1.54) is 14.0 Å². The smallest absolute Gasteiger partial charge is 0.314 e. The summed E-state index contributed by atoms with van der Waals surface area (Å²) < 4.78 is 84.1. The zero-order valence-electron chi connectivity index (χ0n) is 55.4. The van der Waals surface area contributed by atoms with Crippen LogP contribution in [0.15, 0.2) is 23.8 Å². The third kappa shape index (κ3) is 12.7. The number of ether oxygens (including phenoxy) is 14. The molecule has 7 heterocycles. The van der Waals surface area contributed by atoms with Crippen molar-refractivity contribution in [2.24, 2.45) is 39.4 Å². The molecule has 0 aromatic rings. The van der Waals surface area contributed by atoms with E-state index in [4.69, 9.17) is 66.3 Å². The lowest BCUT2D eigenvalue weighted by molar-refractivity contribution is -0.394. The summed E-state index contributed by atoms with van der Waals surface area (Å²) in [6, 6.07) is 0. The lowest BCUT2D eigenvalue weighted by Crippen LogP contribution is -2.67. The van der Waals surface area contributed by atoms with Crippen LogP contribution in [0.4, 0.5) is 0 Å². The number of carbonyl (C=O) groups excluding carboxylic acids is 2. The van der Waals surface area contributed by atoms with Crippen LogP contribution < -0.4 is 0 Å². The fourth-order valence-electron chi connectivity index (χ4n) is 18.5. The number of allylic oxidation sites excluding steroid dienone is 3. The molecule has 96 heavy (non-hydrogen) atoms. The molecule has 7 saturated heterocycles. The van der Waals surface area contributed by atoms with Gasteiger partial charge >= 0.3 is 5.97 Å². The Morgan fingerprint density at radius 3 is 1.78 bits per heavy atom. The van der Waals surface area contributed by atoms with Gasteiger partial charge in [0.1, 0.15) is 140 Å². The Morgan fingerprint density at radius 1 is 0.583 bits per heavy atom. The second-order valence-corrected chi connectivity index (χ2v) is 30.0. The summed E-state index contributed by atoms with van der Waals surface area (Å²) in [6.45, 7) is 14.4. The molecule has 0 aromatic carbocycles. The van der Waals surface area contributed by atoms with Crippen LogP contribution in [0.5, 0.6) is 0 Å². The van der Waals surface area contributed by atoms with Gasteiger partial charge in [-0.2, -0.15) is 0 Å². The standard InChI is InChI=1S/C65H102O31/c1-25(2)11-10-16-64(8)53-29(69)19-63(7)28-12-13-35-61(4,5)36(15-17-62(35,6)27(28)14-18-65(53,63)60(82)96-64)91-59-52(40(74)34(24-85-59)90-57-47(81)51(39(73)33(22-68)88-57)94-56-43(77)41(75)37(71)31(20-66)87-56)95-55-44(78)42(76)48(26(3)86-55)92-54-45(79)49(30(70)23-84-54)93-58-46(80)50(83-9)38(72)32(21-67)89-58/h12,26-27,30-59,66-68,70-81H,1,10-11,13-24H2,2-9H3/t26-,27?,30-,31-,32-,33-,34-,35?,36+,37-,38-,39-,40+,41+,42-,43-,44-,45-,46-,47-,48-,49+,50+,51+,52-,53-,54+,55+,56+,57+,58+,59+,62-,63+,64+,65?/m1/s1. The van der Waals surface area contributed by atoms with Gasteiger partial charge in [-0.25, -0.2) is 0 Å². The van der Waals surface area contributed by atoms with Gasteiger partial charge in [0.05, 0.1) is 56.6 Å². The molecule has 0 bridgehead atoms. The Balaban J connectivity index is 0.828. The number of hydrogen-bond donors (Lipinski definition) is 15. The molecular formula is C65H102O31. The summed E-state index contributed by atoms with van der Waals surface area (Å²) in [5, 5.41) is 166. The maximum atomic E-state index is 14.5. The molecule has 11 aliphatic rings. The topological polar surface area (TPSA) is 467 Å². The molecule has 10 fully saturated rings. The van der Waals surface area contributed by atoms with Crippen molar-refractivity contribution in [1.82, 2.24) is 0 Å². The highest BCUT2D eigenvalue weighted by Crippen LogP contribution is 2.75. The van der Waals surface area contributed by atoms with Gasteiger partial charge in [-0.3, -0.25) is 9.59 Å². The summed E-state index contributed by atoms with van der Waals surface area (Å²) in [5.41, 5.74) is -1.67. The summed E-state index contributed by atoms with van der Waals surface area (Å²) in [4.78, 5) is 29.0. The van der Waals surface area contributed by atoms with Crippen LogP contribution in [0.1, 0.15) is 106 Å². The highest BCUT2D eigenvalue weighted by atomic mass is 16.8. The summed E-state index contributed by atoms with van der Waals surface area (Å²) >= 11 is 0. The number of carbonyl (C=O) groups is 2. The minimum atomic E-state index is -2.04. The second-order valence-electron chi connectivity index (χ2n) is 30.0. The third-order valence-electron chi connectivity index (χ3n) is 23.7. The molecule has 3 unspecified atom stereocenters. The molecule has 7 aliphatic heterocycles. The van der Waals surface area contributed by atoms with Crippen LogP contribution in [0.25, 0.3) is 0 Å². The van der Waals surface area contributed by atoms with E-state index >= 15 is 0 Å². The van der Waals surface area contributed by atoms with Crippen LogP contribution in [0, 0.1) is 39.4 Å². The summed E-state index contributed by atoms with van der Waals surface area (Å²) in [7, 11) is 1.20. The van der Waals surface area contributed by atoms with Crippen molar-refractivity contribution < 1.29 is 153 Å². The van der Waals surface area contributed by atoms with Crippen molar-refractivity contribution in [3.05, 3.63) is 23.8 Å². The highest BCUT2D eigenvalue weighted by Gasteiger charge is 2.79. The van der Waals surface area contributed by atoms with Crippen LogP contribution in [-0.2, 0) is 75.9 Å². The molecule has 31 heteroatoms. The van der Waals surface area contributed by atoms with Crippen LogP contribution in [-0.4, -0.2) is 312 Å². The molecule has 3 saturated carbocycles. The molecule has 548 valence electrons. The fourth-order valence-corrected chi connectivity index (χ4v) is 18.5. The van der Waals surface area contributed by atoms with Crippen LogP contribution in [0.3, 0.4) is 0 Å². The van der Waals surface area contributed by atoms with Gasteiger partial charge in [-0.15, -0.1) is 6.58 Å². The molecular weight excluding hydrogens is 1280 g/mol. The number of ketones is 1. The minimum Gasteiger partial charge on any atom is -0.458 e. The van der Waals surface area contributed by atoms with Crippen molar-refractivity contribution >= 4 is 11.8 Å². The predicted molar refractivity (Wildman–Crippen MR) is 320 cm³/mol. The van der Waals surface area contributed by atoms with Gasteiger partial charge in [0.15, 0.2) is 37.7 Å². The van der Waals surface area contributed by atoms with Crippen molar-refractivity contribution in [2.45, 2.75) is 290 Å². The Morgan fingerprint density at radius 2 is 1.14 bits per heavy atom. The zero-order chi connectivity index (χ0) is 69.8. The van der Waals surface area contributed by atoms with E-state index in [2.05, 4.69) is 40.3 Å². The molecule has 0 amide bonds. The number of aliphatic hydroxyl groups excluding tert-OH is 15. The first-order valence-corrected chi connectivity index (χ1v) is 33.7. The maximum Gasteiger partial charge on any atom is 0.314 e. The number of cyclic esters (lactones) is 1. The lowest BCUT2D eigenvalue weighted by Gasteiger charge is -2.63. The largest absolute Gasteiger partial charge is 0.458 e. The number of rotatable bonds is 20. The average molecular weight is 1380 g/mol. The molecule has 36 atom stereocenters. The van der Waals surface area contributed by atoms with Gasteiger partial charge in [-0.1, -0.05) is 44.9 Å². The second kappa shape index (κ2) is 28.6. The van der Waals surface area contributed by atoms with Crippen molar-refractivity contribution in [2.75, 3.05) is 40.1 Å². The molecule has 31 nitrogen and oxygen atoms in total. The molecule has 4 aliphatic carbocycles.